The lowest BCUT2D eigenvalue weighted by Gasteiger charge is -2.34. The zero-order valence-corrected chi connectivity index (χ0v) is 31.0. The average molecular weight is 738 g/mol. The van der Waals surface area contributed by atoms with Gasteiger partial charge in [-0.25, -0.2) is 9.80 Å². The predicted molar refractivity (Wildman–Crippen MR) is 193 cm³/mol. The van der Waals surface area contributed by atoms with E-state index in [1.54, 1.807) is 46.8 Å². The molecule has 3 rings (SSSR count). The lowest BCUT2D eigenvalue weighted by atomic mass is 10.00. The first-order valence-electron chi connectivity index (χ1n) is 17.4. The van der Waals surface area contributed by atoms with E-state index >= 15 is 0 Å². The Morgan fingerprint density at radius 2 is 1.62 bits per heavy atom. The van der Waals surface area contributed by atoms with Gasteiger partial charge in [-0.15, -0.1) is 0 Å². The molecule has 0 radical (unpaired) electrons. The van der Waals surface area contributed by atoms with Gasteiger partial charge in [-0.3, -0.25) is 29.4 Å². The van der Waals surface area contributed by atoms with Crippen LogP contribution in [-0.2, 0) is 46.5 Å². The van der Waals surface area contributed by atoms with E-state index in [9.17, 15) is 38.7 Å². The summed E-state index contributed by atoms with van der Waals surface area (Å²) in [6.07, 6.45) is -0.631. The first-order valence-corrected chi connectivity index (χ1v) is 17.4. The zero-order chi connectivity index (χ0) is 39.5. The molecule has 1 aliphatic heterocycles. The summed E-state index contributed by atoms with van der Waals surface area (Å²) in [5, 5.41) is 18.5. The first-order chi connectivity index (χ1) is 24.9. The molecule has 2 aromatic rings. The second-order valence-electron chi connectivity index (χ2n) is 14.3. The number of carbonyl (C=O) groups excluding carboxylic acids is 7. The monoisotopic (exact) mass is 737 g/mol. The van der Waals surface area contributed by atoms with Gasteiger partial charge in [0.05, 0.1) is 30.7 Å². The molecule has 1 aliphatic rings. The van der Waals surface area contributed by atoms with Crippen molar-refractivity contribution >= 4 is 41.9 Å². The molecule has 0 spiro atoms. The second-order valence-corrected chi connectivity index (χ2v) is 14.3. The van der Waals surface area contributed by atoms with Crippen molar-refractivity contribution in [3.8, 4) is 5.75 Å². The van der Waals surface area contributed by atoms with Crippen molar-refractivity contribution < 1.29 is 43.4 Å². The fraction of sp³-hybridized carbons (Fsp3) is 0.486. The van der Waals surface area contributed by atoms with E-state index in [0.717, 1.165) is 10.6 Å². The van der Waals surface area contributed by atoms with Gasteiger partial charge in [-0.2, -0.15) is 0 Å². The Balaban J connectivity index is 1.83. The number of ether oxygens (including phenoxy) is 1. The van der Waals surface area contributed by atoms with E-state index < -0.39 is 83.7 Å². The van der Waals surface area contributed by atoms with Crippen LogP contribution in [0.1, 0.15) is 65.5 Å². The van der Waals surface area contributed by atoms with Crippen LogP contribution in [0.2, 0.25) is 0 Å². The number of likely N-dealkylation sites (tertiary alicyclic amines) is 1. The predicted octanol–water partition coefficient (Wildman–Crippen LogP) is 1.05. The van der Waals surface area contributed by atoms with Crippen molar-refractivity contribution in [2.75, 3.05) is 6.54 Å². The average Bonchev–Trinajstić information content (AvgIpc) is 3.52. The number of aldehydes is 1. The third-order valence-electron chi connectivity index (χ3n) is 8.50. The third kappa shape index (κ3) is 12.6. The number of hydrogen-bond donors (Lipinski definition) is 6. The van der Waals surface area contributed by atoms with Crippen molar-refractivity contribution in [3.05, 3.63) is 65.7 Å². The maximum Gasteiger partial charge on any atom is 0.333 e. The minimum Gasteiger partial charge on any atom is -0.508 e. The molecule has 5 atom stereocenters. The molecule has 7 N–H and O–H groups in total. The summed E-state index contributed by atoms with van der Waals surface area (Å²) in [7, 11) is 0. The van der Waals surface area contributed by atoms with Gasteiger partial charge in [0.1, 0.15) is 30.2 Å². The fourth-order valence-electron chi connectivity index (χ4n) is 5.80. The van der Waals surface area contributed by atoms with Gasteiger partial charge in [0.2, 0.25) is 29.5 Å². The van der Waals surface area contributed by atoms with Crippen molar-refractivity contribution in [3.63, 3.8) is 0 Å². The molecule has 0 aromatic heterocycles. The highest BCUT2D eigenvalue weighted by atomic mass is 16.5. The molecule has 0 aliphatic carbocycles. The summed E-state index contributed by atoms with van der Waals surface area (Å²) in [6, 6.07) is 9.85. The quantitative estimate of drug-likeness (QED) is 0.113. The third-order valence-corrected chi connectivity index (χ3v) is 8.50. The van der Waals surface area contributed by atoms with Crippen LogP contribution in [0.15, 0.2) is 54.6 Å². The number of nitrogens with zero attached hydrogens (tertiary/aromatic N) is 2. The van der Waals surface area contributed by atoms with Gasteiger partial charge in [0, 0.05) is 26.3 Å². The molecule has 7 amide bonds. The molecule has 53 heavy (non-hydrogen) atoms. The molecule has 16 heteroatoms. The van der Waals surface area contributed by atoms with Crippen LogP contribution in [0.5, 0.6) is 5.75 Å². The number of primary amides is 1. The highest BCUT2D eigenvalue weighted by Gasteiger charge is 2.44. The molecule has 1 saturated heterocycles. The van der Waals surface area contributed by atoms with Crippen LogP contribution in [0.4, 0.5) is 4.79 Å². The Bertz CT molecular complexity index is 1610. The van der Waals surface area contributed by atoms with E-state index in [1.807, 2.05) is 30.3 Å². The van der Waals surface area contributed by atoms with Crippen LogP contribution in [0.25, 0.3) is 0 Å². The van der Waals surface area contributed by atoms with Crippen molar-refractivity contribution in [2.24, 2.45) is 11.7 Å². The van der Waals surface area contributed by atoms with E-state index in [-0.39, 0.29) is 31.7 Å². The molecule has 0 bridgehead atoms. The minimum absolute atomic E-state index is 0.0170. The summed E-state index contributed by atoms with van der Waals surface area (Å²) in [5.41, 5.74) is 8.41. The highest BCUT2D eigenvalue weighted by Crippen LogP contribution is 2.25. The summed E-state index contributed by atoms with van der Waals surface area (Å²) >= 11 is 0. The molecule has 1 heterocycles. The molecule has 16 nitrogen and oxygen atoms in total. The van der Waals surface area contributed by atoms with Gasteiger partial charge >= 0.3 is 6.03 Å². The van der Waals surface area contributed by atoms with E-state index in [2.05, 4.69) is 21.4 Å². The Kier molecular flexibility index (Phi) is 14.9. The molecular formula is C37H51N7O9. The Morgan fingerprint density at radius 1 is 0.981 bits per heavy atom. The number of phenolic OH excluding ortho intramolecular Hbond substituents is 1. The van der Waals surface area contributed by atoms with Crippen molar-refractivity contribution in [1.29, 1.82) is 0 Å². The number of rotatable bonds is 15. The Hall–Kier alpha value is -5.51. The normalized spacial score (nSPS) is 17.2. The molecule has 2 aromatic carbocycles. The van der Waals surface area contributed by atoms with Crippen LogP contribution < -0.4 is 27.1 Å². The number of hydrogen-bond acceptors (Lipinski definition) is 9. The van der Waals surface area contributed by atoms with Crippen molar-refractivity contribution in [1.82, 2.24) is 31.3 Å². The second kappa shape index (κ2) is 18.8. The van der Waals surface area contributed by atoms with E-state index in [1.165, 1.54) is 24.0 Å². The molecule has 1 fully saturated rings. The SMILES string of the molecule is CC(=O)N[C@@H](Cc1ccc(O)cc1)C(=O)N[C@H](C(=O)N1CC(OCc2ccccc2)C[C@H]1C(=O)NC(C=O)CC(=O)NN(C(N)=O)C(C)(C)C)C(C)C. The standard InChI is InChI=1S/C37H51N7O9/c1-22(2)32(41-33(49)29(39-23(3)46)16-24-12-14-27(47)15-13-24)35(51)43-19-28(53-21-25-10-8-7-9-11-25)18-30(43)34(50)40-26(20-45)17-31(48)42-44(36(38)52)37(4,5)6/h7-15,20,22,26,28-30,32,47H,16-19,21H2,1-6H3,(H2,38,52)(H,39,46)(H,40,50)(H,41,49)(H,42,48)/t26?,28?,29-,30-,32-/m0/s1. The van der Waals surface area contributed by atoms with Crippen LogP contribution in [-0.4, -0.2) is 99.2 Å². The number of phenols is 1. The highest BCUT2D eigenvalue weighted by molar-refractivity contribution is 5.95. The first kappa shape index (κ1) is 41.9. The molecule has 2 unspecified atom stereocenters. The summed E-state index contributed by atoms with van der Waals surface area (Å²) in [4.78, 5) is 91.8. The fourth-order valence-corrected chi connectivity index (χ4v) is 5.80. The smallest absolute Gasteiger partial charge is 0.333 e. The van der Waals surface area contributed by atoms with Crippen LogP contribution in [0, 0.1) is 5.92 Å². The lowest BCUT2D eigenvalue weighted by Crippen LogP contribution is -2.59. The number of aromatic hydroxyl groups is 1. The van der Waals surface area contributed by atoms with Gasteiger partial charge in [0.15, 0.2) is 0 Å². The number of amides is 7. The Labute approximate surface area is 309 Å². The molecule has 0 saturated carbocycles. The van der Waals surface area contributed by atoms with Crippen LogP contribution >= 0.6 is 0 Å². The number of urea groups is 1. The largest absolute Gasteiger partial charge is 0.508 e. The number of carbonyl (C=O) groups is 7. The van der Waals surface area contributed by atoms with E-state index in [4.69, 9.17) is 10.5 Å². The van der Waals surface area contributed by atoms with Crippen LogP contribution in [0.3, 0.4) is 0 Å². The molecule has 288 valence electrons. The maximum absolute atomic E-state index is 14.3. The van der Waals surface area contributed by atoms with Gasteiger partial charge in [0.25, 0.3) is 0 Å². The summed E-state index contributed by atoms with van der Waals surface area (Å²) in [6.45, 7) is 9.81. The summed E-state index contributed by atoms with van der Waals surface area (Å²) < 4.78 is 6.11. The molecular weight excluding hydrogens is 686 g/mol. The zero-order valence-electron chi connectivity index (χ0n) is 31.0. The topological polar surface area (TPSA) is 230 Å². The number of nitrogens with one attached hydrogen (secondary N) is 4. The summed E-state index contributed by atoms with van der Waals surface area (Å²) in [5.74, 6) is -3.61. The van der Waals surface area contributed by atoms with Gasteiger partial charge in [-0.05, 0) is 49.9 Å². The Morgan fingerprint density at radius 3 is 2.17 bits per heavy atom. The maximum atomic E-state index is 14.3. The van der Waals surface area contributed by atoms with Gasteiger partial charge < -0.3 is 41.2 Å². The number of benzene rings is 2. The van der Waals surface area contributed by atoms with Crippen molar-refractivity contribution in [2.45, 2.75) is 103 Å². The number of hydrazine groups is 1. The lowest BCUT2D eigenvalue weighted by molar-refractivity contribution is -0.143. The minimum atomic E-state index is -1.32. The number of nitrogens with two attached hydrogens (primary N) is 1. The van der Waals surface area contributed by atoms with Gasteiger partial charge in [-0.1, -0.05) is 56.3 Å². The van der Waals surface area contributed by atoms with E-state index in [0.29, 0.717) is 11.8 Å².